The zero-order valence-corrected chi connectivity index (χ0v) is 12.0. The van der Waals surface area contributed by atoms with Crippen molar-refractivity contribution in [2.75, 3.05) is 27.4 Å². The predicted molar refractivity (Wildman–Crippen MR) is 73.9 cm³/mol. The molecule has 20 heavy (non-hydrogen) atoms. The Balaban J connectivity index is 2.74. The molecule has 1 atom stereocenters. The van der Waals surface area contributed by atoms with Crippen molar-refractivity contribution in [3.8, 4) is 11.5 Å². The Kier molecular flexibility index (Phi) is 6.83. The van der Waals surface area contributed by atoms with Crippen molar-refractivity contribution in [2.24, 2.45) is 0 Å². The molecule has 2 N–H and O–H groups in total. The lowest BCUT2D eigenvalue weighted by atomic mass is 10.2. The molecule has 0 saturated carbocycles. The minimum Gasteiger partial charge on any atom is -0.493 e. The lowest BCUT2D eigenvalue weighted by Gasteiger charge is -2.18. The number of ether oxygens (including phenoxy) is 3. The summed E-state index contributed by atoms with van der Waals surface area (Å²) >= 11 is 0. The number of rotatable bonds is 8. The summed E-state index contributed by atoms with van der Waals surface area (Å²) in [7, 11) is 3.07. The molecule has 0 aromatic heterocycles. The summed E-state index contributed by atoms with van der Waals surface area (Å²) in [4.78, 5) is 11.8. The predicted octanol–water partition coefficient (Wildman–Crippen LogP) is 0.717. The number of methoxy groups -OCH3 is 2. The maximum atomic E-state index is 11.8. The third kappa shape index (κ3) is 4.40. The van der Waals surface area contributed by atoms with Crippen molar-refractivity contribution in [1.29, 1.82) is 0 Å². The second kappa shape index (κ2) is 8.39. The average Bonchev–Trinajstić information content (AvgIpc) is 2.47. The van der Waals surface area contributed by atoms with Gasteiger partial charge in [-0.15, -0.1) is 0 Å². The first-order valence-corrected chi connectivity index (χ1v) is 6.34. The van der Waals surface area contributed by atoms with Gasteiger partial charge in [0.05, 0.1) is 20.3 Å². The Bertz CT molecular complexity index is 413. The molecule has 1 amide bonds. The van der Waals surface area contributed by atoms with Gasteiger partial charge in [-0.25, -0.2) is 0 Å². The topological polar surface area (TPSA) is 77.0 Å². The number of aliphatic hydroxyl groups is 1. The summed E-state index contributed by atoms with van der Waals surface area (Å²) in [6, 6.07) is 5.18. The number of aliphatic hydroxyl groups excluding tert-OH is 1. The van der Waals surface area contributed by atoms with Gasteiger partial charge in [-0.1, -0.05) is 12.1 Å². The maximum absolute atomic E-state index is 11.8. The molecule has 0 saturated heterocycles. The van der Waals surface area contributed by atoms with E-state index in [2.05, 4.69) is 5.32 Å². The van der Waals surface area contributed by atoms with E-state index in [9.17, 15) is 9.90 Å². The summed E-state index contributed by atoms with van der Waals surface area (Å²) in [6.07, 6.45) is -0.701. The first-order valence-electron chi connectivity index (χ1n) is 6.34. The van der Waals surface area contributed by atoms with Crippen LogP contribution in [0.4, 0.5) is 0 Å². The van der Waals surface area contributed by atoms with E-state index in [1.165, 1.54) is 7.11 Å². The number of carbonyl (C=O) groups excluding carboxylic acids is 1. The lowest BCUT2D eigenvalue weighted by molar-refractivity contribution is -0.127. The Morgan fingerprint density at radius 3 is 2.75 bits per heavy atom. The summed E-state index contributed by atoms with van der Waals surface area (Å²) in [5.41, 5.74) is 0.570. The van der Waals surface area contributed by atoms with Crippen LogP contribution in [0.25, 0.3) is 0 Å². The monoisotopic (exact) mass is 283 g/mol. The van der Waals surface area contributed by atoms with Crippen LogP contribution in [0.2, 0.25) is 0 Å². The molecular weight excluding hydrogens is 262 g/mol. The molecular formula is C14H21NO5. The van der Waals surface area contributed by atoms with Crippen LogP contribution in [0.5, 0.6) is 11.5 Å². The molecule has 1 aromatic rings. The Morgan fingerprint density at radius 1 is 1.40 bits per heavy atom. The molecule has 0 aliphatic rings. The van der Waals surface area contributed by atoms with E-state index in [0.29, 0.717) is 30.2 Å². The van der Waals surface area contributed by atoms with E-state index in [4.69, 9.17) is 14.2 Å². The van der Waals surface area contributed by atoms with Crippen LogP contribution in [0.1, 0.15) is 12.5 Å². The Labute approximate surface area is 118 Å². The van der Waals surface area contributed by atoms with Crippen LogP contribution >= 0.6 is 0 Å². The molecule has 0 heterocycles. The highest BCUT2D eigenvalue weighted by molar-refractivity contribution is 5.80. The van der Waals surface area contributed by atoms with Gasteiger partial charge in [-0.3, -0.25) is 4.79 Å². The van der Waals surface area contributed by atoms with E-state index in [0.717, 1.165) is 0 Å². The molecule has 0 bridgehead atoms. The van der Waals surface area contributed by atoms with Gasteiger partial charge >= 0.3 is 0 Å². The number of para-hydroxylation sites is 1. The van der Waals surface area contributed by atoms with Crippen LogP contribution in [-0.2, 0) is 16.1 Å². The highest BCUT2D eigenvalue weighted by Crippen LogP contribution is 2.31. The minimum absolute atomic E-state index is 0.190. The van der Waals surface area contributed by atoms with Crippen LogP contribution in [0.3, 0.4) is 0 Å². The van der Waals surface area contributed by atoms with Gasteiger partial charge < -0.3 is 24.6 Å². The van der Waals surface area contributed by atoms with E-state index in [1.807, 2.05) is 0 Å². The quantitative estimate of drug-likeness (QED) is 0.687. The van der Waals surface area contributed by atoms with Gasteiger partial charge in [0.1, 0.15) is 0 Å². The van der Waals surface area contributed by atoms with Gasteiger partial charge in [0.25, 0.3) is 5.91 Å². The highest BCUT2D eigenvalue weighted by Gasteiger charge is 2.18. The fourth-order valence-corrected chi connectivity index (χ4v) is 1.63. The number of hydrogen-bond donors (Lipinski definition) is 2. The van der Waals surface area contributed by atoms with Crippen molar-refractivity contribution in [2.45, 2.75) is 19.6 Å². The lowest BCUT2D eigenvalue weighted by Crippen LogP contribution is -2.38. The third-order valence-corrected chi connectivity index (χ3v) is 2.72. The van der Waals surface area contributed by atoms with Crippen LogP contribution in [0.15, 0.2) is 18.2 Å². The van der Waals surface area contributed by atoms with E-state index in [1.54, 1.807) is 32.2 Å². The average molecular weight is 283 g/mol. The minimum atomic E-state index is -0.701. The van der Waals surface area contributed by atoms with Crippen molar-refractivity contribution >= 4 is 5.91 Å². The van der Waals surface area contributed by atoms with E-state index in [-0.39, 0.29) is 12.5 Å². The van der Waals surface area contributed by atoms with Crippen molar-refractivity contribution in [3.63, 3.8) is 0 Å². The van der Waals surface area contributed by atoms with E-state index >= 15 is 0 Å². The molecule has 0 aliphatic carbocycles. The molecule has 0 fully saturated rings. The van der Waals surface area contributed by atoms with Gasteiger partial charge in [-0.05, 0) is 13.0 Å². The first-order chi connectivity index (χ1) is 9.63. The number of hydrogen-bond acceptors (Lipinski definition) is 5. The number of amides is 1. The fraction of sp³-hybridized carbons (Fsp3) is 0.500. The van der Waals surface area contributed by atoms with Crippen molar-refractivity contribution < 1.29 is 24.1 Å². The molecule has 1 aromatic carbocycles. The Hall–Kier alpha value is -1.79. The summed E-state index contributed by atoms with van der Waals surface area (Å²) in [6.45, 7) is 2.30. The second-order valence-corrected chi connectivity index (χ2v) is 4.15. The first kappa shape index (κ1) is 16.3. The molecule has 6 nitrogen and oxygen atoms in total. The maximum Gasteiger partial charge on any atom is 0.260 e. The summed E-state index contributed by atoms with van der Waals surface area (Å²) in [5.74, 6) is 0.608. The molecule has 0 aliphatic heterocycles. The number of benzene rings is 1. The van der Waals surface area contributed by atoms with Crippen LogP contribution in [-0.4, -0.2) is 44.5 Å². The summed E-state index contributed by atoms with van der Waals surface area (Å²) in [5, 5.41) is 12.0. The van der Waals surface area contributed by atoms with Gasteiger partial charge in [0.2, 0.25) is 0 Å². The molecule has 0 radical (unpaired) electrons. The standard InChI is InChI=1S/C14H21NO5/c1-10(14(17)15-7-8-18-2)20-13-11(9-16)5-4-6-12(13)19-3/h4-6,10,16H,7-9H2,1-3H3,(H,15,17). The molecule has 112 valence electrons. The molecule has 1 rings (SSSR count). The Morgan fingerprint density at radius 2 is 2.15 bits per heavy atom. The smallest absolute Gasteiger partial charge is 0.260 e. The van der Waals surface area contributed by atoms with Crippen LogP contribution in [0, 0.1) is 0 Å². The zero-order valence-electron chi connectivity index (χ0n) is 12.0. The van der Waals surface area contributed by atoms with E-state index < -0.39 is 6.10 Å². The largest absolute Gasteiger partial charge is 0.493 e. The van der Waals surface area contributed by atoms with Gasteiger partial charge in [-0.2, -0.15) is 0 Å². The van der Waals surface area contributed by atoms with Crippen molar-refractivity contribution in [3.05, 3.63) is 23.8 Å². The third-order valence-electron chi connectivity index (χ3n) is 2.72. The highest BCUT2D eigenvalue weighted by atomic mass is 16.5. The number of carbonyl (C=O) groups is 1. The fourth-order valence-electron chi connectivity index (χ4n) is 1.63. The second-order valence-electron chi connectivity index (χ2n) is 4.15. The molecule has 0 spiro atoms. The zero-order chi connectivity index (χ0) is 15.0. The molecule has 6 heteroatoms. The van der Waals surface area contributed by atoms with Crippen LogP contribution < -0.4 is 14.8 Å². The summed E-state index contributed by atoms with van der Waals surface area (Å²) < 4.78 is 15.6. The van der Waals surface area contributed by atoms with Crippen molar-refractivity contribution in [1.82, 2.24) is 5.32 Å². The normalized spacial score (nSPS) is 11.8. The molecule has 1 unspecified atom stereocenters. The van der Waals surface area contributed by atoms with Gasteiger partial charge in [0.15, 0.2) is 17.6 Å². The number of nitrogens with one attached hydrogen (secondary N) is 1. The van der Waals surface area contributed by atoms with Gasteiger partial charge in [0, 0.05) is 19.2 Å². The SMILES string of the molecule is COCCNC(=O)C(C)Oc1c(CO)cccc1OC.